The van der Waals surface area contributed by atoms with E-state index >= 15 is 0 Å². The van der Waals surface area contributed by atoms with Crippen LogP contribution in [0, 0.1) is 17.0 Å². The molecule has 0 saturated heterocycles. The Labute approximate surface area is 127 Å². The molecular formula is C13H14N4O4S. The molecule has 2 rings (SSSR count). The third-order valence-corrected chi connectivity index (χ3v) is 4.12. The quantitative estimate of drug-likeness (QED) is 0.633. The molecule has 8 nitrogen and oxygen atoms in total. The Kier molecular flexibility index (Phi) is 4.78. The van der Waals surface area contributed by atoms with Crippen LogP contribution in [-0.2, 0) is 22.3 Å². The molecule has 0 aliphatic rings. The number of nitro groups is 1. The summed E-state index contributed by atoms with van der Waals surface area (Å²) in [5, 5.41) is 10.9. The van der Waals surface area contributed by atoms with Crippen LogP contribution in [0.2, 0.25) is 0 Å². The van der Waals surface area contributed by atoms with Gasteiger partial charge in [0.15, 0.2) is 0 Å². The summed E-state index contributed by atoms with van der Waals surface area (Å²) in [6.07, 6.45) is 3.01. The van der Waals surface area contributed by atoms with E-state index < -0.39 is 20.7 Å². The molecule has 0 bridgehead atoms. The lowest BCUT2D eigenvalue weighted by Gasteiger charge is -2.07. The molecule has 0 spiro atoms. The number of benzene rings is 1. The zero-order valence-electron chi connectivity index (χ0n) is 11.8. The molecule has 0 aliphatic carbocycles. The largest absolute Gasteiger partial charge is 0.273 e. The summed E-state index contributed by atoms with van der Waals surface area (Å²) in [5.41, 5.74) is 1.11. The molecular weight excluding hydrogens is 308 g/mol. The first-order chi connectivity index (χ1) is 10.4. The fraction of sp³-hybridized carbons (Fsp3) is 0.231. The second-order valence-electron chi connectivity index (χ2n) is 4.62. The number of aromatic nitrogens is 2. The fourth-order valence-electron chi connectivity index (χ4n) is 1.76. The number of rotatable bonds is 6. The summed E-state index contributed by atoms with van der Waals surface area (Å²) in [5.74, 6) is -0.469. The third-order valence-electron chi connectivity index (χ3n) is 2.84. The van der Waals surface area contributed by atoms with E-state index in [4.69, 9.17) is 0 Å². The van der Waals surface area contributed by atoms with Crippen molar-refractivity contribution in [2.75, 3.05) is 0 Å². The van der Waals surface area contributed by atoms with Gasteiger partial charge in [-0.1, -0.05) is 18.2 Å². The maximum Gasteiger partial charge on any atom is 0.273 e. The average molecular weight is 322 g/mol. The van der Waals surface area contributed by atoms with Gasteiger partial charge >= 0.3 is 0 Å². The third kappa shape index (κ3) is 4.30. The van der Waals surface area contributed by atoms with E-state index in [-0.39, 0.29) is 17.8 Å². The molecule has 0 unspecified atom stereocenters. The van der Waals surface area contributed by atoms with Crippen LogP contribution in [0.15, 0.2) is 36.7 Å². The summed E-state index contributed by atoms with van der Waals surface area (Å²) in [4.78, 5) is 18.3. The second-order valence-corrected chi connectivity index (χ2v) is 6.42. The van der Waals surface area contributed by atoms with Gasteiger partial charge in [0.2, 0.25) is 10.0 Å². The first-order valence-electron chi connectivity index (χ1n) is 6.34. The van der Waals surface area contributed by atoms with Gasteiger partial charge in [0.05, 0.1) is 34.8 Å². The van der Waals surface area contributed by atoms with Gasteiger partial charge in [-0.05, 0) is 6.92 Å². The first-order valence-corrected chi connectivity index (χ1v) is 8.00. The predicted octanol–water partition coefficient (Wildman–Crippen LogP) is 1.31. The highest BCUT2D eigenvalue weighted by molar-refractivity contribution is 7.88. The molecule has 0 saturated carbocycles. The van der Waals surface area contributed by atoms with Crippen LogP contribution in [0.1, 0.15) is 17.0 Å². The fourth-order valence-corrected chi connectivity index (χ4v) is 2.88. The van der Waals surface area contributed by atoms with Crippen LogP contribution in [0.3, 0.4) is 0 Å². The Hall–Kier alpha value is -2.39. The summed E-state index contributed by atoms with van der Waals surface area (Å²) in [6.45, 7) is 1.76. The lowest BCUT2D eigenvalue weighted by molar-refractivity contribution is -0.385. The van der Waals surface area contributed by atoms with E-state index in [0.29, 0.717) is 5.69 Å². The number of hydrogen-bond donors (Lipinski definition) is 1. The lowest BCUT2D eigenvalue weighted by atomic mass is 10.2. The summed E-state index contributed by atoms with van der Waals surface area (Å²) >= 11 is 0. The predicted molar refractivity (Wildman–Crippen MR) is 79.3 cm³/mol. The van der Waals surface area contributed by atoms with Crippen LogP contribution in [0.25, 0.3) is 0 Å². The van der Waals surface area contributed by atoms with Crippen LogP contribution < -0.4 is 4.72 Å². The minimum Gasteiger partial charge on any atom is -0.258 e. The van der Waals surface area contributed by atoms with Crippen molar-refractivity contribution in [1.29, 1.82) is 0 Å². The van der Waals surface area contributed by atoms with Gasteiger partial charge in [0, 0.05) is 17.8 Å². The van der Waals surface area contributed by atoms with E-state index in [9.17, 15) is 18.5 Å². The number of nitrogens with zero attached hydrogens (tertiary/aromatic N) is 3. The van der Waals surface area contributed by atoms with Crippen LogP contribution in [0.5, 0.6) is 0 Å². The van der Waals surface area contributed by atoms with E-state index in [0.717, 1.165) is 5.69 Å². The van der Waals surface area contributed by atoms with E-state index in [1.54, 1.807) is 13.0 Å². The standard InChI is InChI=1S/C13H14N4O4S/c1-10-6-15-12(7-14-10)8-16-22(20,21)9-11-4-2-3-5-13(11)17(18)19/h2-7,16H,8-9H2,1H3. The lowest BCUT2D eigenvalue weighted by Crippen LogP contribution is -2.25. The van der Waals surface area contributed by atoms with Crippen molar-refractivity contribution in [3.8, 4) is 0 Å². The van der Waals surface area contributed by atoms with Crippen LogP contribution in [-0.4, -0.2) is 23.3 Å². The van der Waals surface area contributed by atoms with Gasteiger partial charge in [-0.2, -0.15) is 0 Å². The van der Waals surface area contributed by atoms with Gasteiger partial charge in [-0.3, -0.25) is 20.1 Å². The van der Waals surface area contributed by atoms with Crippen molar-refractivity contribution in [3.63, 3.8) is 0 Å². The topological polar surface area (TPSA) is 115 Å². The summed E-state index contributed by atoms with van der Waals surface area (Å²) in [6, 6.07) is 5.74. The zero-order chi connectivity index (χ0) is 16.2. The maximum absolute atomic E-state index is 12.0. The minimum absolute atomic E-state index is 0.0176. The Balaban J connectivity index is 2.08. The molecule has 1 aromatic heterocycles. The average Bonchev–Trinajstić information content (AvgIpc) is 2.46. The molecule has 0 radical (unpaired) electrons. The normalized spacial score (nSPS) is 11.3. The molecule has 22 heavy (non-hydrogen) atoms. The highest BCUT2D eigenvalue weighted by atomic mass is 32.2. The number of aryl methyl sites for hydroxylation is 1. The maximum atomic E-state index is 12.0. The Bertz CT molecular complexity index is 775. The molecule has 0 aliphatic heterocycles. The van der Waals surface area contributed by atoms with Crippen molar-refractivity contribution < 1.29 is 13.3 Å². The van der Waals surface area contributed by atoms with E-state index in [1.165, 1.54) is 30.6 Å². The minimum atomic E-state index is -3.72. The van der Waals surface area contributed by atoms with E-state index in [1.807, 2.05) is 0 Å². The van der Waals surface area contributed by atoms with Crippen LogP contribution in [0.4, 0.5) is 5.69 Å². The molecule has 9 heteroatoms. The molecule has 0 atom stereocenters. The molecule has 0 amide bonds. The second kappa shape index (κ2) is 6.58. The van der Waals surface area contributed by atoms with Crippen molar-refractivity contribution >= 4 is 15.7 Å². The molecule has 1 N–H and O–H groups in total. The van der Waals surface area contributed by atoms with Gasteiger partial charge < -0.3 is 0 Å². The van der Waals surface area contributed by atoms with Crippen molar-refractivity contribution in [2.45, 2.75) is 19.2 Å². The Morgan fingerprint density at radius 1 is 1.23 bits per heavy atom. The molecule has 2 aromatic rings. The molecule has 1 heterocycles. The molecule has 0 fully saturated rings. The van der Waals surface area contributed by atoms with Gasteiger partial charge in [-0.15, -0.1) is 0 Å². The van der Waals surface area contributed by atoms with Gasteiger partial charge in [0.25, 0.3) is 5.69 Å². The highest BCUT2D eigenvalue weighted by Crippen LogP contribution is 2.19. The first kappa shape index (κ1) is 16.0. The SMILES string of the molecule is Cc1cnc(CNS(=O)(=O)Cc2ccccc2[N+](=O)[O-])cn1. The number of nitro benzene ring substituents is 1. The summed E-state index contributed by atoms with van der Waals surface area (Å²) in [7, 11) is -3.72. The van der Waals surface area contributed by atoms with Crippen molar-refractivity contribution in [3.05, 3.63) is 63.7 Å². The monoisotopic (exact) mass is 322 g/mol. The van der Waals surface area contributed by atoms with Gasteiger partial charge in [0.1, 0.15) is 0 Å². The Morgan fingerprint density at radius 3 is 2.59 bits per heavy atom. The highest BCUT2D eigenvalue weighted by Gasteiger charge is 2.19. The number of nitrogens with one attached hydrogen (secondary N) is 1. The molecule has 116 valence electrons. The number of sulfonamides is 1. The van der Waals surface area contributed by atoms with Gasteiger partial charge in [-0.25, -0.2) is 13.1 Å². The zero-order valence-corrected chi connectivity index (χ0v) is 12.6. The Morgan fingerprint density at radius 2 is 1.95 bits per heavy atom. The smallest absolute Gasteiger partial charge is 0.258 e. The van der Waals surface area contributed by atoms with Crippen molar-refractivity contribution in [1.82, 2.24) is 14.7 Å². The van der Waals surface area contributed by atoms with Crippen molar-refractivity contribution in [2.24, 2.45) is 0 Å². The number of para-hydroxylation sites is 1. The summed E-state index contributed by atoms with van der Waals surface area (Å²) < 4.78 is 26.4. The molecule has 1 aromatic carbocycles. The number of hydrogen-bond acceptors (Lipinski definition) is 6. The van der Waals surface area contributed by atoms with Crippen LogP contribution >= 0.6 is 0 Å². The van der Waals surface area contributed by atoms with E-state index in [2.05, 4.69) is 14.7 Å².